The van der Waals surface area contributed by atoms with E-state index in [1.807, 2.05) is 24.5 Å². The molecule has 23 heavy (non-hydrogen) atoms. The van der Waals surface area contributed by atoms with E-state index in [1.165, 1.54) is 11.1 Å². The predicted octanol–water partition coefficient (Wildman–Crippen LogP) is 3.38. The first-order valence-electron chi connectivity index (χ1n) is 7.99. The lowest BCUT2D eigenvalue weighted by atomic mass is 9.87. The number of aromatic nitrogens is 2. The number of rotatable bonds is 4. The van der Waals surface area contributed by atoms with Crippen LogP contribution in [0.3, 0.4) is 0 Å². The minimum atomic E-state index is -0.326. The Balaban J connectivity index is 1.99. The van der Waals surface area contributed by atoms with Crippen LogP contribution in [0.15, 0.2) is 30.7 Å². The molecule has 0 fully saturated rings. The monoisotopic (exact) mass is 314 g/mol. The molecule has 5 heteroatoms. The molecule has 1 aliphatic carbocycles. The van der Waals surface area contributed by atoms with Crippen LogP contribution in [0, 0.1) is 0 Å². The van der Waals surface area contributed by atoms with Gasteiger partial charge in [0.1, 0.15) is 11.4 Å². The number of benzene rings is 1. The van der Waals surface area contributed by atoms with Gasteiger partial charge < -0.3 is 14.0 Å². The largest absolute Gasteiger partial charge is 0.497 e. The molecule has 0 bridgehead atoms. The molecular formula is C18H22N2O3. The Bertz CT molecular complexity index is 706. The molecule has 1 aromatic heterocycles. The standard InChI is InChI=1S/C18H22N2O3/c1-12(2)23-18(21)17-10-19-11-20(17)16-6-4-5-13-7-8-14(22-3)9-15(13)16/h7-12,16H,4-6H2,1-3H3. The maximum atomic E-state index is 12.3. The van der Waals surface area contributed by atoms with Crippen molar-refractivity contribution < 1.29 is 14.3 Å². The molecule has 5 nitrogen and oxygen atoms in total. The second-order valence-corrected chi connectivity index (χ2v) is 6.11. The zero-order valence-corrected chi connectivity index (χ0v) is 13.8. The number of methoxy groups -OCH3 is 1. The number of hydrogen-bond donors (Lipinski definition) is 0. The molecule has 0 saturated heterocycles. The summed E-state index contributed by atoms with van der Waals surface area (Å²) in [7, 11) is 1.67. The third-order valence-electron chi connectivity index (χ3n) is 4.19. The lowest BCUT2D eigenvalue weighted by Crippen LogP contribution is -2.22. The smallest absolute Gasteiger partial charge is 0.356 e. The second kappa shape index (κ2) is 6.44. The van der Waals surface area contributed by atoms with Crippen molar-refractivity contribution in [3.05, 3.63) is 47.5 Å². The molecule has 0 radical (unpaired) electrons. The molecule has 122 valence electrons. The van der Waals surface area contributed by atoms with Gasteiger partial charge in [-0.2, -0.15) is 0 Å². The quantitative estimate of drug-likeness (QED) is 0.812. The summed E-state index contributed by atoms with van der Waals surface area (Å²) in [5.41, 5.74) is 3.01. The van der Waals surface area contributed by atoms with Crippen molar-refractivity contribution in [2.45, 2.75) is 45.3 Å². The van der Waals surface area contributed by atoms with Gasteiger partial charge >= 0.3 is 5.97 Å². The fraction of sp³-hybridized carbons (Fsp3) is 0.444. The van der Waals surface area contributed by atoms with Crippen LogP contribution in [0.5, 0.6) is 5.75 Å². The van der Waals surface area contributed by atoms with Gasteiger partial charge in [0, 0.05) is 0 Å². The topological polar surface area (TPSA) is 53.4 Å². The van der Waals surface area contributed by atoms with Crippen LogP contribution in [0.1, 0.15) is 54.3 Å². The molecule has 0 N–H and O–H groups in total. The van der Waals surface area contributed by atoms with Crippen molar-refractivity contribution in [2.24, 2.45) is 0 Å². The lowest BCUT2D eigenvalue weighted by Gasteiger charge is -2.28. The third kappa shape index (κ3) is 3.09. The van der Waals surface area contributed by atoms with Gasteiger partial charge in [-0.15, -0.1) is 0 Å². The molecule has 2 aromatic rings. The van der Waals surface area contributed by atoms with E-state index in [9.17, 15) is 4.79 Å². The lowest BCUT2D eigenvalue weighted by molar-refractivity contribution is 0.0363. The Kier molecular flexibility index (Phi) is 4.37. The zero-order chi connectivity index (χ0) is 16.4. The number of fused-ring (bicyclic) bond motifs is 1. The van der Waals surface area contributed by atoms with E-state index in [0.717, 1.165) is 25.0 Å². The summed E-state index contributed by atoms with van der Waals surface area (Å²) < 4.78 is 12.6. The number of imidazole rings is 1. The number of carbonyl (C=O) groups is 1. The maximum Gasteiger partial charge on any atom is 0.356 e. The normalized spacial score (nSPS) is 17.0. The Labute approximate surface area is 136 Å². The summed E-state index contributed by atoms with van der Waals surface area (Å²) in [6.07, 6.45) is 6.26. The SMILES string of the molecule is COc1ccc2c(c1)C(n1cncc1C(=O)OC(C)C)CCC2. The van der Waals surface area contributed by atoms with Crippen LogP contribution in [0.25, 0.3) is 0 Å². The van der Waals surface area contributed by atoms with Crippen LogP contribution in [-0.2, 0) is 11.2 Å². The Morgan fingerprint density at radius 2 is 2.22 bits per heavy atom. The van der Waals surface area contributed by atoms with Gasteiger partial charge in [0.15, 0.2) is 0 Å². The van der Waals surface area contributed by atoms with Gasteiger partial charge in [-0.05, 0) is 56.4 Å². The van der Waals surface area contributed by atoms with Crippen LogP contribution in [-0.4, -0.2) is 28.7 Å². The van der Waals surface area contributed by atoms with Crippen molar-refractivity contribution >= 4 is 5.97 Å². The van der Waals surface area contributed by atoms with Crippen molar-refractivity contribution in [2.75, 3.05) is 7.11 Å². The number of ether oxygens (including phenoxy) is 2. The molecule has 0 spiro atoms. The molecule has 1 aliphatic rings. The van der Waals surface area contributed by atoms with Crippen molar-refractivity contribution in [1.29, 1.82) is 0 Å². The molecule has 0 saturated carbocycles. The summed E-state index contributed by atoms with van der Waals surface area (Å²) >= 11 is 0. The van der Waals surface area contributed by atoms with Gasteiger partial charge in [0.05, 0.1) is 31.8 Å². The van der Waals surface area contributed by atoms with Gasteiger partial charge in [0.25, 0.3) is 0 Å². The molecule has 1 atom stereocenters. The minimum Gasteiger partial charge on any atom is -0.497 e. The van der Waals surface area contributed by atoms with Crippen LogP contribution >= 0.6 is 0 Å². The molecule has 0 amide bonds. The molecule has 1 heterocycles. The van der Waals surface area contributed by atoms with Gasteiger partial charge in [-0.1, -0.05) is 6.07 Å². The maximum absolute atomic E-state index is 12.3. The van der Waals surface area contributed by atoms with Crippen molar-refractivity contribution in [3.8, 4) is 5.75 Å². The number of hydrogen-bond acceptors (Lipinski definition) is 4. The van der Waals surface area contributed by atoms with E-state index in [2.05, 4.69) is 17.1 Å². The fourth-order valence-corrected chi connectivity index (χ4v) is 3.15. The highest BCUT2D eigenvalue weighted by atomic mass is 16.5. The first kappa shape index (κ1) is 15.6. The Hall–Kier alpha value is -2.30. The van der Waals surface area contributed by atoms with E-state index in [-0.39, 0.29) is 18.1 Å². The Morgan fingerprint density at radius 1 is 1.39 bits per heavy atom. The number of carbonyl (C=O) groups excluding carboxylic acids is 1. The van der Waals surface area contributed by atoms with Crippen LogP contribution in [0.4, 0.5) is 0 Å². The molecule has 3 rings (SSSR count). The molecule has 0 aliphatic heterocycles. The summed E-state index contributed by atoms with van der Waals surface area (Å²) in [5, 5.41) is 0. The Morgan fingerprint density at radius 3 is 2.96 bits per heavy atom. The van der Waals surface area contributed by atoms with E-state index in [1.54, 1.807) is 19.6 Å². The summed E-state index contributed by atoms with van der Waals surface area (Å²) in [6.45, 7) is 3.69. The fourth-order valence-electron chi connectivity index (χ4n) is 3.15. The molecular weight excluding hydrogens is 292 g/mol. The summed E-state index contributed by atoms with van der Waals surface area (Å²) in [6, 6.07) is 6.26. The van der Waals surface area contributed by atoms with E-state index >= 15 is 0 Å². The van der Waals surface area contributed by atoms with Gasteiger partial charge in [-0.3, -0.25) is 0 Å². The van der Waals surface area contributed by atoms with Crippen LogP contribution in [0.2, 0.25) is 0 Å². The number of nitrogens with zero attached hydrogens (tertiary/aromatic N) is 2. The highest BCUT2D eigenvalue weighted by Crippen LogP contribution is 2.35. The second-order valence-electron chi connectivity index (χ2n) is 6.11. The average molecular weight is 314 g/mol. The van der Waals surface area contributed by atoms with Gasteiger partial charge in [0.2, 0.25) is 0 Å². The number of aryl methyl sites for hydroxylation is 1. The molecule has 1 unspecified atom stereocenters. The van der Waals surface area contributed by atoms with Crippen molar-refractivity contribution in [3.63, 3.8) is 0 Å². The van der Waals surface area contributed by atoms with E-state index in [0.29, 0.717) is 5.69 Å². The number of esters is 1. The summed E-state index contributed by atoms with van der Waals surface area (Å²) in [4.78, 5) is 16.5. The minimum absolute atomic E-state index is 0.0889. The molecule has 1 aromatic carbocycles. The predicted molar refractivity (Wildman–Crippen MR) is 86.8 cm³/mol. The first-order valence-corrected chi connectivity index (χ1v) is 7.99. The third-order valence-corrected chi connectivity index (χ3v) is 4.19. The van der Waals surface area contributed by atoms with Gasteiger partial charge in [-0.25, -0.2) is 9.78 Å². The summed E-state index contributed by atoms with van der Waals surface area (Å²) in [5.74, 6) is 0.509. The van der Waals surface area contributed by atoms with Crippen molar-refractivity contribution in [1.82, 2.24) is 9.55 Å². The average Bonchev–Trinajstić information content (AvgIpc) is 3.02. The van der Waals surface area contributed by atoms with E-state index < -0.39 is 0 Å². The highest BCUT2D eigenvalue weighted by molar-refractivity contribution is 5.87. The first-order chi connectivity index (χ1) is 11.1. The van der Waals surface area contributed by atoms with Crippen LogP contribution < -0.4 is 4.74 Å². The zero-order valence-electron chi connectivity index (χ0n) is 13.8. The van der Waals surface area contributed by atoms with E-state index in [4.69, 9.17) is 9.47 Å². The highest BCUT2D eigenvalue weighted by Gasteiger charge is 2.26.